The third kappa shape index (κ3) is 4.08. The Morgan fingerprint density at radius 1 is 1.10 bits per heavy atom. The normalized spacial score (nSPS) is 12.3. The van der Waals surface area contributed by atoms with E-state index in [4.69, 9.17) is 4.42 Å². The summed E-state index contributed by atoms with van der Waals surface area (Å²) in [4.78, 5) is 0.346. The van der Waals surface area contributed by atoms with Crippen LogP contribution in [0.25, 0.3) is 0 Å². The minimum Gasteiger partial charge on any atom is -0.465 e. The van der Waals surface area contributed by atoms with E-state index >= 15 is 0 Å². The second-order valence-corrected chi connectivity index (χ2v) is 7.07. The van der Waals surface area contributed by atoms with Gasteiger partial charge in [0.25, 0.3) is 0 Å². The van der Waals surface area contributed by atoms with E-state index < -0.39 is 10.0 Å². The van der Waals surface area contributed by atoms with Gasteiger partial charge in [-0.05, 0) is 33.2 Å². The summed E-state index contributed by atoms with van der Waals surface area (Å²) >= 11 is 0. The first-order valence-corrected chi connectivity index (χ1v) is 9.13. The molecule has 0 atom stereocenters. The molecule has 0 aliphatic rings. The minimum atomic E-state index is -3.49. The van der Waals surface area contributed by atoms with E-state index in [1.807, 2.05) is 20.8 Å². The lowest BCUT2D eigenvalue weighted by molar-refractivity contribution is 0.423. The zero-order valence-electron chi connectivity index (χ0n) is 13.8. The predicted octanol–water partition coefficient (Wildman–Crippen LogP) is 2.82. The maximum atomic E-state index is 12.9. The lowest BCUT2D eigenvalue weighted by atomic mass is 10.2. The smallest absolute Gasteiger partial charge is 0.246 e. The molecular formula is C15H28N2O3S. The molecule has 0 unspecified atom stereocenters. The van der Waals surface area contributed by atoms with Crippen molar-refractivity contribution in [3.05, 3.63) is 17.1 Å². The molecule has 0 aromatic carbocycles. The second-order valence-electron chi connectivity index (χ2n) is 5.20. The number of nitrogens with zero attached hydrogens (tertiary/aromatic N) is 1. The topological polar surface area (TPSA) is 62.6 Å². The summed E-state index contributed by atoms with van der Waals surface area (Å²) in [5.41, 5.74) is 0.760. The van der Waals surface area contributed by atoms with Crippen LogP contribution in [0.4, 0.5) is 0 Å². The van der Waals surface area contributed by atoms with Crippen molar-refractivity contribution in [1.29, 1.82) is 0 Å². The zero-order valence-corrected chi connectivity index (χ0v) is 14.6. The van der Waals surface area contributed by atoms with Gasteiger partial charge in [0.1, 0.15) is 16.4 Å². The molecule has 21 heavy (non-hydrogen) atoms. The van der Waals surface area contributed by atoms with E-state index in [2.05, 4.69) is 12.2 Å². The Morgan fingerprint density at radius 3 is 2.29 bits per heavy atom. The SMILES string of the molecule is CCCNCc1c(C)oc(C)c1S(=O)(=O)N(CC)CCC. The van der Waals surface area contributed by atoms with E-state index in [-0.39, 0.29) is 0 Å². The van der Waals surface area contributed by atoms with Gasteiger partial charge in [-0.3, -0.25) is 0 Å². The van der Waals surface area contributed by atoms with E-state index in [0.717, 1.165) is 24.9 Å². The van der Waals surface area contributed by atoms with Crippen molar-refractivity contribution >= 4 is 10.0 Å². The largest absolute Gasteiger partial charge is 0.465 e. The third-order valence-corrected chi connectivity index (χ3v) is 5.65. The molecule has 6 heteroatoms. The zero-order chi connectivity index (χ0) is 16.0. The number of nitrogens with one attached hydrogen (secondary N) is 1. The summed E-state index contributed by atoms with van der Waals surface area (Å²) in [6, 6.07) is 0. The predicted molar refractivity (Wildman–Crippen MR) is 84.9 cm³/mol. The quantitative estimate of drug-likeness (QED) is 0.712. The summed E-state index contributed by atoms with van der Waals surface area (Å²) in [5.74, 6) is 1.16. The summed E-state index contributed by atoms with van der Waals surface area (Å²) < 4.78 is 32.9. The second kappa shape index (κ2) is 7.96. The van der Waals surface area contributed by atoms with E-state index in [1.165, 1.54) is 4.31 Å². The number of rotatable bonds is 9. The van der Waals surface area contributed by atoms with Gasteiger partial charge in [-0.25, -0.2) is 8.42 Å². The lowest BCUT2D eigenvalue weighted by Crippen LogP contribution is -2.32. The summed E-state index contributed by atoms with van der Waals surface area (Å²) in [6.07, 6.45) is 1.81. The van der Waals surface area contributed by atoms with Crippen LogP contribution in [0.15, 0.2) is 9.31 Å². The number of sulfonamides is 1. The molecule has 5 nitrogen and oxygen atoms in total. The van der Waals surface area contributed by atoms with Gasteiger partial charge in [0.15, 0.2) is 0 Å². The highest BCUT2D eigenvalue weighted by atomic mass is 32.2. The Hall–Kier alpha value is -0.850. The van der Waals surface area contributed by atoms with Crippen LogP contribution in [0.3, 0.4) is 0 Å². The van der Waals surface area contributed by atoms with Crippen LogP contribution < -0.4 is 5.32 Å². The molecule has 1 aromatic heterocycles. The number of hydrogen-bond donors (Lipinski definition) is 1. The summed E-state index contributed by atoms with van der Waals surface area (Å²) in [7, 11) is -3.49. The third-order valence-electron chi connectivity index (χ3n) is 3.48. The van der Waals surface area contributed by atoms with Crippen molar-refractivity contribution < 1.29 is 12.8 Å². The van der Waals surface area contributed by atoms with E-state index in [1.54, 1.807) is 6.92 Å². The Balaban J connectivity index is 3.21. The van der Waals surface area contributed by atoms with Crippen LogP contribution in [-0.2, 0) is 16.6 Å². The Morgan fingerprint density at radius 2 is 1.76 bits per heavy atom. The highest BCUT2D eigenvalue weighted by molar-refractivity contribution is 7.89. The molecule has 1 N–H and O–H groups in total. The average molecular weight is 316 g/mol. The van der Waals surface area contributed by atoms with Gasteiger partial charge in [-0.15, -0.1) is 0 Å². The molecule has 0 bridgehead atoms. The van der Waals surface area contributed by atoms with Gasteiger partial charge in [0.05, 0.1) is 0 Å². The molecule has 122 valence electrons. The van der Waals surface area contributed by atoms with E-state index in [0.29, 0.717) is 36.1 Å². The average Bonchev–Trinajstić information content (AvgIpc) is 2.71. The molecule has 0 saturated carbocycles. The standard InChI is InChI=1S/C15H28N2O3S/c1-6-9-16-11-14-12(4)20-13(5)15(14)21(18,19)17(8-3)10-7-2/h16H,6-11H2,1-5H3. The summed E-state index contributed by atoms with van der Waals surface area (Å²) in [5, 5.41) is 3.26. The fourth-order valence-electron chi connectivity index (χ4n) is 2.47. The van der Waals surface area contributed by atoms with Crippen LogP contribution in [0, 0.1) is 13.8 Å². The molecule has 1 heterocycles. The van der Waals surface area contributed by atoms with Crippen LogP contribution in [-0.4, -0.2) is 32.4 Å². The molecule has 0 saturated heterocycles. The van der Waals surface area contributed by atoms with E-state index in [9.17, 15) is 8.42 Å². The van der Waals surface area contributed by atoms with Crippen molar-refractivity contribution in [2.75, 3.05) is 19.6 Å². The van der Waals surface area contributed by atoms with Crippen LogP contribution in [0.1, 0.15) is 50.7 Å². The lowest BCUT2D eigenvalue weighted by Gasteiger charge is -2.20. The maximum Gasteiger partial charge on any atom is 0.246 e. The molecule has 1 rings (SSSR count). The Kier molecular flexibility index (Phi) is 6.90. The number of hydrogen-bond acceptors (Lipinski definition) is 4. The highest BCUT2D eigenvalue weighted by Gasteiger charge is 2.31. The summed E-state index contributed by atoms with van der Waals surface area (Å²) in [6.45, 7) is 11.9. The Bertz CT molecular complexity index is 550. The monoisotopic (exact) mass is 316 g/mol. The fourth-order valence-corrected chi connectivity index (χ4v) is 4.42. The van der Waals surface area contributed by atoms with Crippen molar-refractivity contribution in [2.24, 2.45) is 0 Å². The number of furan rings is 1. The first-order valence-electron chi connectivity index (χ1n) is 7.69. The molecular weight excluding hydrogens is 288 g/mol. The van der Waals surface area contributed by atoms with Crippen molar-refractivity contribution in [1.82, 2.24) is 9.62 Å². The molecule has 0 radical (unpaired) electrons. The van der Waals surface area contributed by atoms with Crippen LogP contribution in [0.5, 0.6) is 0 Å². The van der Waals surface area contributed by atoms with Crippen LogP contribution in [0.2, 0.25) is 0 Å². The van der Waals surface area contributed by atoms with Gasteiger partial charge < -0.3 is 9.73 Å². The minimum absolute atomic E-state index is 0.346. The van der Waals surface area contributed by atoms with Crippen molar-refractivity contribution in [3.8, 4) is 0 Å². The molecule has 0 amide bonds. The van der Waals surface area contributed by atoms with Crippen molar-refractivity contribution in [3.63, 3.8) is 0 Å². The number of aryl methyl sites for hydroxylation is 2. The first-order chi connectivity index (χ1) is 9.89. The molecule has 0 spiro atoms. The fraction of sp³-hybridized carbons (Fsp3) is 0.733. The highest BCUT2D eigenvalue weighted by Crippen LogP contribution is 2.29. The molecule has 0 aliphatic heterocycles. The van der Waals surface area contributed by atoms with Crippen molar-refractivity contribution in [2.45, 2.75) is 58.9 Å². The van der Waals surface area contributed by atoms with Crippen LogP contribution >= 0.6 is 0 Å². The molecule has 1 aromatic rings. The maximum absolute atomic E-state index is 12.9. The first kappa shape index (κ1) is 18.2. The van der Waals surface area contributed by atoms with Gasteiger partial charge in [-0.2, -0.15) is 4.31 Å². The Labute approximate surface area is 128 Å². The van der Waals surface area contributed by atoms with Gasteiger partial charge in [0.2, 0.25) is 10.0 Å². The molecule has 0 fully saturated rings. The molecule has 0 aliphatic carbocycles. The van der Waals surface area contributed by atoms with Gasteiger partial charge in [0, 0.05) is 25.2 Å². The van der Waals surface area contributed by atoms with Gasteiger partial charge >= 0.3 is 0 Å². The van der Waals surface area contributed by atoms with Gasteiger partial charge in [-0.1, -0.05) is 20.8 Å².